The number of carboxylic acid groups (broad SMARTS) is 1. The molecule has 0 unspecified atom stereocenters. The predicted molar refractivity (Wildman–Crippen MR) is 37.5 cm³/mol. The first kappa shape index (κ1) is 8.99. The first-order valence-corrected chi connectivity index (χ1v) is 3.55. The van der Waals surface area contributed by atoms with Crippen LogP contribution in [0, 0.1) is 11.8 Å². The molecule has 1 N–H and O–H groups in total. The minimum Gasteiger partial charge on any atom is -0.481 e. The van der Waals surface area contributed by atoms with E-state index in [0.29, 0.717) is 0 Å². The number of rotatable bonds is 2. The highest BCUT2D eigenvalue weighted by Crippen LogP contribution is 2.21. The molecule has 0 aliphatic carbocycles. The largest absolute Gasteiger partial charge is 0.481 e. The number of aliphatic carboxylic acids is 1. The normalized spacial score (nSPS) is 28.4. The van der Waals surface area contributed by atoms with Gasteiger partial charge >= 0.3 is 11.9 Å². The molecule has 1 fully saturated rings. The molecular weight excluding hydrogens is 164 g/mol. The molecule has 0 bridgehead atoms. The molecule has 1 aliphatic rings. The fourth-order valence-electron chi connectivity index (χ4n) is 1.18. The minimum absolute atomic E-state index is 0.0924. The van der Waals surface area contributed by atoms with Crippen LogP contribution in [0.3, 0.4) is 0 Å². The van der Waals surface area contributed by atoms with Crippen molar-refractivity contribution in [1.82, 2.24) is 0 Å². The van der Waals surface area contributed by atoms with Crippen molar-refractivity contribution in [3.8, 4) is 0 Å². The fourth-order valence-corrected chi connectivity index (χ4v) is 1.18. The second kappa shape index (κ2) is 3.53. The number of hydrogen-bond donors (Lipinski definition) is 1. The first-order chi connectivity index (χ1) is 5.66. The zero-order chi connectivity index (χ0) is 9.14. The summed E-state index contributed by atoms with van der Waals surface area (Å²) in [5.41, 5.74) is 0. The summed E-state index contributed by atoms with van der Waals surface area (Å²) in [5.74, 6) is -2.92. The molecule has 68 valence electrons. The van der Waals surface area contributed by atoms with Crippen LogP contribution in [-0.2, 0) is 19.1 Å². The SMILES string of the molecule is COC(=O)[C@@H]1COC[C@@H]1C(=O)O. The molecule has 1 aliphatic heterocycles. The number of carbonyl (C=O) groups is 2. The molecule has 5 nitrogen and oxygen atoms in total. The third-order valence-corrected chi connectivity index (χ3v) is 1.90. The highest BCUT2D eigenvalue weighted by Gasteiger charge is 2.39. The quantitative estimate of drug-likeness (QED) is 0.571. The van der Waals surface area contributed by atoms with Gasteiger partial charge in [-0.1, -0.05) is 0 Å². The van der Waals surface area contributed by atoms with E-state index < -0.39 is 23.8 Å². The summed E-state index contributed by atoms with van der Waals surface area (Å²) in [6, 6.07) is 0. The number of esters is 1. The monoisotopic (exact) mass is 174 g/mol. The molecule has 0 amide bonds. The third kappa shape index (κ3) is 1.55. The van der Waals surface area contributed by atoms with Gasteiger partial charge in [-0.3, -0.25) is 9.59 Å². The van der Waals surface area contributed by atoms with Crippen molar-refractivity contribution >= 4 is 11.9 Å². The lowest BCUT2D eigenvalue weighted by molar-refractivity contribution is -0.153. The van der Waals surface area contributed by atoms with Gasteiger partial charge in [-0.15, -0.1) is 0 Å². The van der Waals surface area contributed by atoms with E-state index >= 15 is 0 Å². The lowest BCUT2D eigenvalue weighted by Crippen LogP contribution is -2.29. The van der Waals surface area contributed by atoms with Crippen LogP contribution < -0.4 is 0 Å². The van der Waals surface area contributed by atoms with E-state index in [1.807, 2.05) is 0 Å². The molecular formula is C7H10O5. The Balaban J connectivity index is 2.63. The van der Waals surface area contributed by atoms with E-state index in [0.717, 1.165) is 0 Å². The maximum absolute atomic E-state index is 11.0. The van der Waals surface area contributed by atoms with Crippen molar-refractivity contribution in [2.75, 3.05) is 20.3 Å². The first-order valence-electron chi connectivity index (χ1n) is 3.55. The van der Waals surface area contributed by atoms with E-state index in [-0.39, 0.29) is 13.2 Å². The van der Waals surface area contributed by atoms with Crippen LogP contribution in [-0.4, -0.2) is 37.4 Å². The van der Waals surface area contributed by atoms with Crippen molar-refractivity contribution in [1.29, 1.82) is 0 Å². The van der Waals surface area contributed by atoms with Gasteiger partial charge in [0.15, 0.2) is 0 Å². The lowest BCUT2D eigenvalue weighted by Gasteiger charge is -2.09. The Labute approximate surface area is 69.3 Å². The Hall–Kier alpha value is -1.10. The molecule has 0 saturated carbocycles. The van der Waals surface area contributed by atoms with Gasteiger partial charge in [0.1, 0.15) is 0 Å². The molecule has 1 saturated heterocycles. The standard InChI is InChI=1S/C7H10O5/c1-11-7(10)5-3-12-2-4(5)6(8)9/h4-5H,2-3H2,1H3,(H,8,9)/t4-,5+/m0/s1. The summed E-state index contributed by atoms with van der Waals surface area (Å²) < 4.78 is 9.30. The summed E-state index contributed by atoms with van der Waals surface area (Å²) >= 11 is 0. The summed E-state index contributed by atoms with van der Waals surface area (Å²) in [4.78, 5) is 21.5. The van der Waals surface area contributed by atoms with Crippen LogP contribution in [0.15, 0.2) is 0 Å². The average molecular weight is 174 g/mol. The van der Waals surface area contributed by atoms with Crippen molar-refractivity contribution in [3.05, 3.63) is 0 Å². The molecule has 5 heteroatoms. The summed E-state index contributed by atoms with van der Waals surface area (Å²) in [7, 11) is 1.24. The van der Waals surface area contributed by atoms with Crippen LogP contribution in [0.2, 0.25) is 0 Å². The fraction of sp³-hybridized carbons (Fsp3) is 0.714. The number of ether oxygens (including phenoxy) is 2. The smallest absolute Gasteiger partial charge is 0.311 e. The van der Waals surface area contributed by atoms with Crippen LogP contribution in [0.4, 0.5) is 0 Å². The molecule has 2 atom stereocenters. The predicted octanol–water partition coefficient (Wildman–Crippen LogP) is -0.493. The topological polar surface area (TPSA) is 72.8 Å². The van der Waals surface area contributed by atoms with E-state index in [1.54, 1.807) is 0 Å². The maximum Gasteiger partial charge on any atom is 0.311 e. The third-order valence-electron chi connectivity index (χ3n) is 1.90. The van der Waals surface area contributed by atoms with Gasteiger partial charge < -0.3 is 14.6 Å². The van der Waals surface area contributed by atoms with E-state index in [4.69, 9.17) is 9.84 Å². The van der Waals surface area contributed by atoms with Crippen LogP contribution in [0.5, 0.6) is 0 Å². The van der Waals surface area contributed by atoms with Crippen molar-refractivity contribution in [3.63, 3.8) is 0 Å². The van der Waals surface area contributed by atoms with Gasteiger partial charge in [0.2, 0.25) is 0 Å². The van der Waals surface area contributed by atoms with Crippen molar-refractivity contribution in [2.45, 2.75) is 0 Å². The van der Waals surface area contributed by atoms with Gasteiger partial charge in [0.05, 0.1) is 32.2 Å². The van der Waals surface area contributed by atoms with Crippen molar-refractivity contribution in [2.24, 2.45) is 11.8 Å². The Bertz CT molecular complexity index is 200. The Morgan fingerprint density at radius 1 is 1.42 bits per heavy atom. The number of carbonyl (C=O) groups excluding carboxylic acids is 1. The molecule has 0 aromatic heterocycles. The molecule has 0 aromatic carbocycles. The second-order valence-corrected chi connectivity index (χ2v) is 2.61. The highest BCUT2D eigenvalue weighted by molar-refractivity contribution is 5.81. The van der Waals surface area contributed by atoms with Crippen molar-refractivity contribution < 1.29 is 24.2 Å². The van der Waals surface area contributed by atoms with Gasteiger partial charge in [-0.25, -0.2) is 0 Å². The van der Waals surface area contributed by atoms with E-state index in [2.05, 4.69) is 4.74 Å². The maximum atomic E-state index is 11.0. The van der Waals surface area contributed by atoms with Gasteiger partial charge in [-0.2, -0.15) is 0 Å². The second-order valence-electron chi connectivity index (χ2n) is 2.61. The molecule has 0 spiro atoms. The van der Waals surface area contributed by atoms with E-state index in [9.17, 15) is 9.59 Å². The number of hydrogen-bond acceptors (Lipinski definition) is 4. The summed E-state index contributed by atoms with van der Waals surface area (Å²) in [6.45, 7) is 0.235. The molecule has 12 heavy (non-hydrogen) atoms. The Morgan fingerprint density at radius 2 is 2.00 bits per heavy atom. The zero-order valence-electron chi connectivity index (χ0n) is 6.65. The number of methoxy groups -OCH3 is 1. The minimum atomic E-state index is -1.01. The highest BCUT2D eigenvalue weighted by atomic mass is 16.5. The lowest BCUT2D eigenvalue weighted by atomic mass is 9.97. The average Bonchev–Trinajstić information content (AvgIpc) is 2.50. The van der Waals surface area contributed by atoms with Gasteiger partial charge in [0.25, 0.3) is 0 Å². The summed E-state index contributed by atoms with van der Waals surface area (Å²) in [5, 5.41) is 8.64. The summed E-state index contributed by atoms with van der Waals surface area (Å²) in [6.07, 6.45) is 0. The van der Waals surface area contributed by atoms with E-state index in [1.165, 1.54) is 7.11 Å². The molecule has 1 heterocycles. The molecule has 0 aromatic rings. The van der Waals surface area contributed by atoms with Crippen LogP contribution >= 0.6 is 0 Å². The van der Waals surface area contributed by atoms with Crippen LogP contribution in [0.1, 0.15) is 0 Å². The van der Waals surface area contributed by atoms with Crippen LogP contribution in [0.25, 0.3) is 0 Å². The Kier molecular flexibility index (Phi) is 2.65. The molecule has 0 radical (unpaired) electrons. The molecule has 1 rings (SSSR count). The Morgan fingerprint density at radius 3 is 2.50 bits per heavy atom. The zero-order valence-corrected chi connectivity index (χ0v) is 6.65. The van der Waals surface area contributed by atoms with Gasteiger partial charge in [0, 0.05) is 0 Å². The van der Waals surface area contributed by atoms with Gasteiger partial charge in [-0.05, 0) is 0 Å². The number of carboxylic acids is 1.